The second kappa shape index (κ2) is 32.9. The Labute approximate surface area is 342 Å². The fourth-order valence-electron chi connectivity index (χ4n) is 8.61. The number of carbonyl (C=O) groups excluding carboxylic acids is 2. The van der Waals surface area contributed by atoms with E-state index in [9.17, 15) is 9.59 Å². The second-order valence-electron chi connectivity index (χ2n) is 18.0. The predicted octanol–water partition coefficient (Wildman–Crippen LogP) is 12.6. The molecule has 2 aliphatic heterocycles. The number of hydrogen-bond acceptors (Lipinski definition) is 6. The number of fused-ring (bicyclic) bond motifs is 1. The Balaban J connectivity index is 1.67. The molecule has 2 atom stereocenters. The number of imide groups is 1. The molecule has 2 aliphatic rings. The van der Waals surface area contributed by atoms with Crippen molar-refractivity contribution in [2.24, 2.45) is 0 Å². The summed E-state index contributed by atoms with van der Waals surface area (Å²) in [5.41, 5.74) is 0. The van der Waals surface area contributed by atoms with Gasteiger partial charge in [-0.2, -0.15) is 0 Å². The average molecular weight is 776 g/mol. The molecule has 0 aliphatic carbocycles. The van der Waals surface area contributed by atoms with Crippen LogP contribution in [-0.2, 0) is 19.1 Å². The third-order valence-corrected chi connectivity index (χ3v) is 12.4. The molecule has 2 saturated heterocycles. The fraction of sp³-hybridized carbons (Fsp3) is 0.958. The van der Waals surface area contributed by atoms with E-state index in [1.807, 2.05) is 7.05 Å². The van der Waals surface area contributed by atoms with Crippen LogP contribution in [0.5, 0.6) is 0 Å². The fourth-order valence-corrected chi connectivity index (χ4v) is 8.61. The number of amides is 2. The third-order valence-electron chi connectivity index (χ3n) is 12.4. The third kappa shape index (κ3) is 23.2. The molecule has 0 radical (unpaired) electrons. The van der Waals surface area contributed by atoms with Crippen LogP contribution < -0.4 is 0 Å². The first-order chi connectivity index (χ1) is 26.8. The van der Waals surface area contributed by atoms with Crippen molar-refractivity contribution in [3.8, 4) is 0 Å². The zero-order valence-electron chi connectivity index (χ0n) is 37.5. The molecule has 0 bridgehead atoms. The van der Waals surface area contributed by atoms with Gasteiger partial charge in [0.2, 0.25) is 0 Å². The number of carbonyl (C=O) groups is 2. The highest BCUT2D eigenvalue weighted by Crippen LogP contribution is 2.41. The molecule has 2 rings (SSSR count). The van der Waals surface area contributed by atoms with Gasteiger partial charge < -0.3 is 19.3 Å². The van der Waals surface area contributed by atoms with Crippen molar-refractivity contribution in [1.82, 2.24) is 14.7 Å². The number of ether oxygens (including phenoxy) is 2. The molecule has 55 heavy (non-hydrogen) atoms. The van der Waals surface area contributed by atoms with E-state index in [0.29, 0.717) is 13.1 Å². The van der Waals surface area contributed by atoms with Crippen LogP contribution in [0.15, 0.2) is 0 Å². The lowest BCUT2D eigenvalue weighted by molar-refractivity contribution is -0.199. The van der Waals surface area contributed by atoms with Gasteiger partial charge in [-0.25, -0.2) is 0 Å². The summed E-state index contributed by atoms with van der Waals surface area (Å²) in [7, 11) is 6.16. The molecule has 0 aromatic carbocycles. The van der Waals surface area contributed by atoms with Gasteiger partial charge in [-0.05, 0) is 34.0 Å². The smallest absolute Gasteiger partial charge is 0.261 e. The summed E-state index contributed by atoms with van der Waals surface area (Å²) < 4.78 is 13.1. The number of rotatable bonds is 40. The van der Waals surface area contributed by atoms with Crippen molar-refractivity contribution in [1.29, 1.82) is 0 Å². The molecule has 0 N–H and O–H groups in total. The second-order valence-corrected chi connectivity index (χ2v) is 18.0. The van der Waals surface area contributed by atoms with E-state index in [4.69, 9.17) is 9.47 Å². The van der Waals surface area contributed by atoms with Crippen molar-refractivity contribution in [3.63, 3.8) is 0 Å². The SMILES string of the molecule is CCCCCCCCCCCCCCCCCCC1(CCCCCCCCCCCCCCCCCC)OC2C(=O)N(CCN(C)CCN(C)C)C(=O)C2O1. The topological polar surface area (TPSA) is 62.3 Å². The Kier molecular flexibility index (Phi) is 30.0. The van der Waals surface area contributed by atoms with Crippen molar-refractivity contribution < 1.29 is 19.1 Å². The summed E-state index contributed by atoms with van der Waals surface area (Å²) in [4.78, 5) is 32.7. The standard InChI is InChI=1S/C48H93N3O4/c1-6-8-10-12-14-16-18-20-22-24-26-28-30-32-34-36-38-48(39-37-35-33-31-29-27-25-23-21-19-17-15-13-11-9-7-2)54-44-45(55-48)47(53)51(46(44)52)43-42-50(5)41-40-49(3)4/h44-45H,6-43H2,1-5H3. The zero-order chi connectivity index (χ0) is 39.8. The first kappa shape index (κ1) is 50.1. The molecular weight excluding hydrogens is 683 g/mol. The number of hydrogen-bond donors (Lipinski definition) is 0. The van der Waals surface area contributed by atoms with Gasteiger partial charge in [0.25, 0.3) is 11.8 Å². The average Bonchev–Trinajstić information content (AvgIpc) is 3.65. The first-order valence-corrected chi connectivity index (χ1v) is 24.4. The molecule has 7 heteroatoms. The normalized spacial score (nSPS) is 18.1. The summed E-state index contributed by atoms with van der Waals surface area (Å²) in [6.45, 7) is 7.47. The van der Waals surface area contributed by atoms with Gasteiger partial charge in [-0.1, -0.05) is 206 Å². The summed E-state index contributed by atoms with van der Waals surface area (Å²) in [6.07, 6.45) is 43.0. The Bertz CT molecular complexity index is 867. The van der Waals surface area contributed by atoms with Crippen molar-refractivity contribution >= 4 is 11.8 Å². The van der Waals surface area contributed by atoms with Gasteiger partial charge in [0.1, 0.15) is 0 Å². The summed E-state index contributed by atoms with van der Waals surface area (Å²) in [6, 6.07) is 0. The van der Waals surface area contributed by atoms with Gasteiger partial charge >= 0.3 is 0 Å². The van der Waals surface area contributed by atoms with Gasteiger partial charge in [0.05, 0.1) is 0 Å². The molecule has 2 fully saturated rings. The van der Waals surface area contributed by atoms with Crippen LogP contribution in [0.1, 0.15) is 232 Å². The van der Waals surface area contributed by atoms with E-state index in [1.54, 1.807) is 0 Å². The number of unbranched alkanes of at least 4 members (excludes halogenated alkanes) is 30. The maximum absolute atomic E-state index is 13.5. The number of likely N-dealkylation sites (N-methyl/N-ethyl adjacent to an activating group) is 2. The minimum Gasteiger partial charge on any atom is -0.333 e. The van der Waals surface area contributed by atoms with Crippen LogP contribution in [0, 0.1) is 0 Å². The highest BCUT2D eigenvalue weighted by Gasteiger charge is 2.59. The van der Waals surface area contributed by atoms with Gasteiger partial charge in [0.15, 0.2) is 18.0 Å². The van der Waals surface area contributed by atoms with Crippen LogP contribution in [0.4, 0.5) is 0 Å². The molecule has 0 saturated carbocycles. The summed E-state index contributed by atoms with van der Waals surface area (Å²) >= 11 is 0. The molecular formula is C48H93N3O4. The highest BCUT2D eigenvalue weighted by molar-refractivity contribution is 6.08. The van der Waals surface area contributed by atoms with E-state index in [1.165, 1.54) is 185 Å². The van der Waals surface area contributed by atoms with E-state index in [0.717, 1.165) is 51.6 Å². The Morgan fingerprint density at radius 1 is 0.436 bits per heavy atom. The molecule has 324 valence electrons. The molecule has 2 unspecified atom stereocenters. The molecule has 2 amide bonds. The minimum absolute atomic E-state index is 0.197. The largest absolute Gasteiger partial charge is 0.333 e. The first-order valence-electron chi connectivity index (χ1n) is 24.4. The maximum atomic E-state index is 13.5. The minimum atomic E-state index is -0.790. The number of nitrogens with zero attached hydrogens (tertiary/aromatic N) is 3. The van der Waals surface area contributed by atoms with E-state index in [2.05, 4.69) is 37.7 Å². The van der Waals surface area contributed by atoms with Gasteiger partial charge in [0, 0.05) is 39.0 Å². The lowest BCUT2D eigenvalue weighted by Crippen LogP contribution is -2.43. The Morgan fingerprint density at radius 2 is 0.727 bits per heavy atom. The van der Waals surface area contributed by atoms with Crippen LogP contribution >= 0.6 is 0 Å². The van der Waals surface area contributed by atoms with Crippen LogP contribution in [-0.4, -0.2) is 91.8 Å². The van der Waals surface area contributed by atoms with Crippen LogP contribution in [0.25, 0.3) is 0 Å². The predicted molar refractivity (Wildman–Crippen MR) is 234 cm³/mol. The summed E-state index contributed by atoms with van der Waals surface area (Å²) in [5, 5.41) is 0. The van der Waals surface area contributed by atoms with Crippen LogP contribution in [0.3, 0.4) is 0 Å². The molecule has 0 aromatic heterocycles. The quantitative estimate of drug-likeness (QED) is 0.0456. The maximum Gasteiger partial charge on any atom is 0.261 e. The van der Waals surface area contributed by atoms with E-state index in [-0.39, 0.29) is 11.8 Å². The molecule has 0 spiro atoms. The van der Waals surface area contributed by atoms with E-state index >= 15 is 0 Å². The molecule has 0 aromatic rings. The van der Waals surface area contributed by atoms with Crippen molar-refractivity contribution in [2.75, 3.05) is 47.3 Å². The van der Waals surface area contributed by atoms with Gasteiger partial charge in [-0.3, -0.25) is 14.5 Å². The zero-order valence-corrected chi connectivity index (χ0v) is 37.5. The molecule has 7 nitrogen and oxygen atoms in total. The van der Waals surface area contributed by atoms with Gasteiger partial charge in [-0.15, -0.1) is 0 Å². The molecule has 2 heterocycles. The summed E-state index contributed by atoms with van der Waals surface area (Å²) in [5.74, 6) is -1.19. The van der Waals surface area contributed by atoms with Crippen molar-refractivity contribution in [2.45, 2.75) is 250 Å². The van der Waals surface area contributed by atoms with Crippen molar-refractivity contribution in [3.05, 3.63) is 0 Å². The van der Waals surface area contributed by atoms with Crippen LogP contribution in [0.2, 0.25) is 0 Å². The Morgan fingerprint density at radius 3 is 1.02 bits per heavy atom. The lowest BCUT2D eigenvalue weighted by Gasteiger charge is -2.30. The monoisotopic (exact) mass is 776 g/mol. The number of likely N-dealkylation sites (tertiary alicyclic amines) is 1. The van der Waals surface area contributed by atoms with E-state index < -0.39 is 18.0 Å². The Hall–Kier alpha value is -1.02. The highest BCUT2D eigenvalue weighted by atomic mass is 16.8. The lowest BCUT2D eigenvalue weighted by atomic mass is 9.98.